The van der Waals surface area contributed by atoms with E-state index in [4.69, 9.17) is 39.9 Å². The van der Waals surface area contributed by atoms with E-state index < -0.39 is 5.41 Å². The molecule has 2 aromatic carbocycles. The lowest BCUT2D eigenvalue weighted by Crippen LogP contribution is -2.49. The highest BCUT2D eigenvalue weighted by Crippen LogP contribution is 2.48. The van der Waals surface area contributed by atoms with Crippen molar-refractivity contribution in [3.63, 3.8) is 0 Å². The number of carbonyl (C=O) groups excluding carboxylic acids is 1. The molecule has 1 unspecified atom stereocenters. The minimum absolute atomic E-state index is 0.177. The second kappa shape index (κ2) is 9.60. The maximum absolute atomic E-state index is 13.4. The Morgan fingerprint density at radius 1 is 0.969 bits per heavy atom. The number of benzene rings is 2. The maximum atomic E-state index is 13.4. The number of halogens is 3. The van der Waals surface area contributed by atoms with Crippen LogP contribution in [-0.4, -0.2) is 29.7 Å². The summed E-state index contributed by atoms with van der Waals surface area (Å²) in [6, 6.07) is 12.7. The van der Waals surface area contributed by atoms with Gasteiger partial charge in [0.2, 0.25) is 0 Å². The molecule has 4 rings (SSSR count). The Bertz CT molecular complexity index is 1010. The fourth-order valence-corrected chi connectivity index (χ4v) is 5.13. The zero-order valence-corrected chi connectivity index (χ0v) is 20.5. The molecule has 170 valence electrons. The summed E-state index contributed by atoms with van der Waals surface area (Å²) in [7, 11) is 0. The Kier molecular flexibility index (Phi) is 7.01. The highest BCUT2D eigenvalue weighted by Gasteiger charge is 2.49. The smallest absolute Gasteiger partial charge is 0.282 e. The molecule has 1 atom stereocenters. The number of anilines is 1. The lowest BCUT2D eigenvalue weighted by Gasteiger charge is -2.34. The third kappa shape index (κ3) is 4.76. The molecule has 1 fully saturated rings. The van der Waals surface area contributed by atoms with E-state index in [1.807, 2.05) is 54.2 Å². The van der Waals surface area contributed by atoms with Crippen LogP contribution in [0.1, 0.15) is 51.1 Å². The molecule has 0 aromatic heterocycles. The van der Waals surface area contributed by atoms with E-state index in [-0.39, 0.29) is 11.9 Å². The number of carbonyl (C=O) groups is 1. The molecule has 8 heteroatoms. The summed E-state index contributed by atoms with van der Waals surface area (Å²) in [6.45, 7) is 5.79. The van der Waals surface area contributed by atoms with Crippen molar-refractivity contribution >= 4 is 52.1 Å². The van der Waals surface area contributed by atoms with E-state index in [0.717, 1.165) is 31.5 Å². The highest BCUT2D eigenvalue weighted by atomic mass is 35.5. The standard InChI is InChI=1S/C24H27Cl3N4O/c1-24(2)21(23(32)29-30-13-5-3-4-6-14-30)28-31(20-12-11-18(26)15-19(20)27)22(24)16-7-9-17(25)10-8-16/h7-12,15,22H,3-6,13-14H2,1-2H3,(H,29,32). The molecule has 1 N–H and O–H groups in total. The molecule has 2 aliphatic heterocycles. The molecule has 2 aliphatic rings. The van der Waals surface area contributed by atoms with Crippen LogP contribution >= 0.6 is 34.8 Å². The van der Waals surface area contributed by atoms with Crippen molar-refractivity contribution in [3.8, 4) is 0 Å². The summed E-state index contributed by atoms with van der Waals surface area (Å²) in [6.07, 6.45) is 4.55. The Labute approximate surface area is 204 Å². The average molecular weight is 494 g/mol. The Hall–Kier alpha value is -1.79. The second-order valence-electron chi connectivity index (χ2n) is 8.91. The van der Waals surface area contributed by atoms with E-state index in [0.29, 0.717) is 26.5 Å². The number of amides is 1. The van der Waals surface area contributed by atoms with Gasteiger partial charge < -0.3 is 0 Å². The van der Waals surface area contributed by atoms with Crippen LogP contribution in [0.5, 0.6) is 0 Å². The normalized spacial score (nSPS) is 21.2. The van der Waals surface area contributed by atoms with Gasteiger partial charge >= 0.3 is 0 Å². The minimum atomic E-state index is -0.591. The molecule has 0 saturated carbocycles. The van der Waals surface area contributed by atoms with Crippen molar-refractivity contribution in [2.45, 2.75) is 45.6 Å². The van der Waals surface area contributed by atoms with Crippen molar-refractivity contribution in [2.75, 3.05) is 18.1 Å². The molecule has 2 heterocycles. The number of hydrazone groups is 1. The van der Waals surface area contributed by atoms with E-state index in [2.05, 4.69) is 5.43 Å². The van der Waals surface area contributed by atoms with E-state index in [1.54, 1.807) is 12.1 Å². The van der Waals surface area contributed by atoms with Crippen molar-refractivity contribution in [1.29, 1.82) is 0 Å². The maximum Gasteiger partial charge on any atom is 0.282 e. The monoisotopic (exact) mass is 492 g/mol. The topological polar surface area (TPSA) is 47.9 Å². The van der Waals surface area contributed by atoms with Gasteiger partial charge in [0.15, 0.2) is 0 Å². The highest BCUT2D eigenvalue weighted by molar-refractivity contribution is 6.42. The van der Waals surface area contributed by atoms with Gasteiger partial charge in [-0.1, -0.05) is 73.6 Å². The number of rotatable bonds is 4. The fraction of sp³-hybridized carbons (Fsp3) is 0.417. The molecule has 5 nitrogen and oxygen atoms in total. The van der Waals surface area contributed by atoms with Gasteiger partial charge in [0.25, 0.3) is 5.91 Å². The number of hydrogen-bond donors (Lipinski definition) is 1. The van der Waals surface area contributed by atoms with Crippen LogP contribution in [0.15, 0.2) is 47.6 Å². The Morgan fingerprint density at radius 3 is 2.22 bits per heavy atom. The van der Waals surface area contributed by atoms with E-state index in [1.165, 1.54) is 12.8 Å². The summed E-state index contributed by atoms with van der Waals surface area (Å²) in [5, 5.41) is 10.3. The van der Waals surface area contributed by atoms with Crippen LogP contribution in [0, 0.1) is 5.41 Å². The van der Waals surface area contributed by atoms with Crippen molar-refractivity contribution in [3.05, 3.63) is 63.1 Å². The van der Waals surface area contributed by atoms with Crippen LogP contribution in [-0.2, 0) is 4.79 Å². The number of hydrogen-bond acceptors (Lipinski definition) is 4. The number of nitrogens with zero attached hydrogens (tertiary/aromatic N) is 3. The van der Waals surface area contributed by atoms with Crippen LogP contribution in [0.25, 0.3) is 0 Å². The first-order valence-corrected chi connectivity index (χ1v) is 12.1. The Balaban J connectivity index is 1.72. The van der Waals surface area contributed by atoms with Gasteiger partial charge in [-0.3, -0.25) is 15.2 Å². The molecule has 1 saturated heterocycles. The molecule has 0 aliphatic carbocycles. The van der Waals surface area contributed by atoms with Gasteiger partial charge in [-0.25, -0.2) is 5.01 Å². The van der Waals surface area contributed by atoms with Gasteiger partial charge in [0, 0.05) is 28.5 Å². The van der Waals surface area contributed by atoms with Crippen LogP contribution in [0.3, 0.4) is 0 Å². The first kappa shape index (κ1) is 23.4. The molecule has 0 spiro atoms. The molecule has 2 aromatic rings. The predicted octanol–water partition coefficient (Wildman–Crippen LogP) is 6.50. The van der Waals surface area contributed by atoms with Gasteiger partial charge in [-0.05, 0) is 48.7 Å². The van der Waals surface area contributed by atoms with Gasteiger partial charge in [0.1, 0.15) is 5.71 Å². The first-order chi connectivity index (χ1) is 15.3. The summed E-state index contributed by atoms with van der Waals surface area (Å²) in [4.78, 5) is 13.4. The van der Waals surface area contributed by atoms with Gasteiger partial charge in [0.05, 0.1) is 16.8 Å². The summed E-state index contributed by atoms with van der Waals surface area (Å²) >= 11 is 18.8. The number of hydrazine groups is 1. The van der Waals surface area contributed by atoms with Crippen LogP contribution in [0.2, 0.25) is 15.1 Å². The molecular formula is C24H27Cl3N4O. The van der Waals surface area contributed by atoms with Gasteiger partial charge in [-0.2, -0.15) is 5.10 Å². The number of nitrogens with one attached hydrogen (secondary N) is 1. The van der Waals surface area contributed by atoms with Crippen molar-refractivity contribution < 1.29 is 4.79 Å². The average Bonchev–Trinajstić information content (AvgIpc) is 2.87. The third-order valence-corrected chi connectivity index (χ3v) is 6.96. The van der Waals surface area contributed by atoms with Crippen LogP contribution < -0.4 is 10.4 Å². The van der Waals surface area contributed by atoms with E-state index in [9.17, 15) is 4.79 Å². The predicted molar refractivity (Wildman–Crippen MR) is 133 cm³/mol. The van der Waals surface area contributed by atoms with E-state index >= 15 is 0 Å². The SMILES string of the molecule is CC1(C)C(C(=O)NN2CCCCCC2)=NN(c2ccc(Cl)cc2Cl)C1c1ccc(Cl)cc1. The largest absolute Gasteiger partial charge is 0.284 e. The molecule has 1 amide bonds. The zero-order valence-electron chi connectivity index (χ0n) is 18.2. The zero-order chi connectivity index (χ0) is 22.9. The van der Waals surface area contributed by atoms with Crippen molar-refractivity contribution in [1.82, 2.24) is 10.4 Å². The summed E-state index contributed by atoms with van der Waals surface area (Å²) < 4.78 is 0. The Morgan fingerprint density at radius 2 is 1.59 bits per heavy atom. The summed E-state index contributed by atoms with van der Waals surface area (Å²) in [5.41, 5.74) is 4.66. The van der Waals surface area contributed by atoms with Gasteiger partial charge in [-0.15, -0.1) is 0 Å². The minimum Gasteiger partial charge on any atom is -0.284 e. The third-order valence-electron chi connectivity index (χ3n) is 6.17. The van der Waals surface area contributed by atoms with Crippen molar-refractivity contribution in [2.24, 2.45) is 10.5 Å². The van der Waals surface area contributed by atoms with Crippen LogP contribution in [0.4, 0.5) is 5.69 Å². The molecule has 32 heavy (non-hydrogen) atoms. The molecule has 0 bridgehead atoms. The fourth-order valence-electron chi connectivity index (χ4n) is 4.51. The molecule has 0 radical (unpaired) electrons. The lowest BCUT2D eigenvalue weighted by molar-refractivity contribution is -0.119. The summed E-state index contributed by atoms with van der Waals surface area (Å²) in [5.74, 6) is -0.177. The first-order valence-electron chi connectivity index (χ1n) is 10.9. The molecular weight excluding hydrogens is 467 g/mol. The lowest BCUT2D eigenvalue weighted by atomic mass is 9.77. The quantitative estimate of drug-likeness (QED) is 0.529. The second-order valence-corrected chi connectivity index (χ2v) is 10.2.